The van der Waals surface area contributed by atoms with E-state index < -0.39 is 5.60 Å². The standard InChI is InChI=1S/C11H23NO2/c1-9(2)10(3,14)6-12-7-11(8-13)4-5-11/h9,12-14H,4-8H2,1-3H3. The minimum Gasteiger partial charge on any atom is -0.396 e. The molecule has 14 heavy (non-hydrogen) atoms. The van der Waals surface area contributed by atoms with Crippen LogP contribution in [0.3, 0.4) is 0 Å². The van der Waals surface area contributed by atoms with Gasteiger partial charge in [-0.1, -0.05) is 13.8 Å². The number of aliphatic hydroxyl groups is 2. The molecule has 0 amide bonds. The van der Waals surface area contributed by atoms with Crippen molar-refractivity contribution in [2.45, 2.75) is 39.2 Å². The lowest BCUT2D eigenvalue weighted by Gasteiger charge is -2.28. The number of aliphatic hydroxyl groups excluding tert-OH is 1. The van der Waals surface area contributed by atoms with Crippen LogP contribution in [0.2, 0.25) is 0 Å². The van der Waals surface area contributed by atoms with Crippen molar-refractivity contribution in [3.05, 3.63) is 0 Å². The van der Waals surface area contributed by atoms with Crippen molar-refractivity contribution in [2.75, 3.05) is 19.7 Å². The largest absolute Gasteiger partial charge is 0.396 e. The molecule has 0 heterocycles. The van der Waals surface area contributed by atoms with Crippen LogP contribution < -0.4 is 5.32 Å². The van der Waals surface area contributed by atoms with Crippen LogP contribution in [0.4, 0.5) is 0 Å². The second kappa shape index (κ2) is 4.17. The van der Waals surface area contributed by atoms with Gasteiger partial charge >= 0.3 is 0 Å². The minimum absolute atomic E-state index is 0.132. The highest BCUT2D eigenvalue weighted by molar-refractivity contribution is 4.95. The Labute approximate surface area is 86.5 Å². The molecule has 0 aromatic carbocycles. The molecule has 0 aromatic heterocycles. The maximum absolute atomic E-state index is 9.96. The van der Waals surface area contributed by atoms with E-state index in [0.717, 1.165) is 19.4 Å². The predicted octanol–water partition coefficient (Wildman–Crippen LogP) is 0.755. The molecule has 1 rings (SSSR count). The number of nitrogens with one attached hydrogen (secondary N) is 1. The molecule has 3 heteroatoms. The molecule has 0 aliphatic heterocycles. The highest BCUT2D eigenvalue weighted by atomic mass is 16.3. The van der Waals surface area contributed by atoms with Crippen LogP contribution in [-0.2, 0) is 0 Å². The van der Waals surface area contributed by atoms with Crippen molar-refractivity contribution in [3.8, 4) is 0 Å². The second-order valence-electron chi connectivity index (χ2n) is 5.27. The fraction of sp³-hybridized carbons (Fsp3) is 1.00. The molecule has 0 spiro atoms. The summed E-state index contributed by atoms with van der Waals surface area (Å²) in [5, 5.41) is 22.3. The molecule has 0 saturated heterocycles. The Kier molecular flexibility index (Phi) is 3.56. The van der Waals surface area contributed by atoms with Crippen LogP contribution in [0.15, 0.2) is 0 Å². The van der Waals surface area contributed by atoms with Gasteiger partial charge < -0.3 is 15.5 Å². The van der Waals surface area contributed by atoms with Crippen LogP contribution in [0, 0.1) is 11.3 Å². The average molecular weight is 201 g/mol. The van der Waals surface area contributed by atoms with E-state index >= 15 is 0 Å². The Morgan fingerprint density at radius 3 is 2.36 bits per heavy atom. The van der Waals surface area contributed by atoms with Crippen molar-refractivity contribution < 1.29 is 10.2 Å². The van der Waals surface area contributed by atoms with E-state index in [1.165, 1.54) is 0 Å². The van der Waals surface area contributed by atoms with Crippen molar-refractivity contribution in [2.24, 2.45) is 11.3 Å². The van der Waals surface area contributed by atoms with Crippen LogP contribution >= 0.6 is 0 Å². The SMILES string of the molecule is CC(C)C(C)(O)CNCC1(CO)CC1. The first-order chi connectivity index (χ1) is 6.42. The molecule has 0 aromatic rings. The maximum Gasteiger partial charge on any atom is 0.0766 e. The summed E-state index contributed by atoms with van der Waals surface area (Å²) >= 11 is 0. The maximum atomic E-state index is 9.96. The first kappa shape index (κ1) is 12.0. The molecule has 1 fully saturated rings. The fourth-order valence-electron chi connectivity index (χ4n) is 1.35. The first-order valence-electron chi connectivity index (χ1n) is 5.46. The summed E-state index contributed by atoms with van der Waals surface area (Å²) in [5.41, 5.74) is -0.515. The van der Waals surface area contributed by atoms with E-state index in [2.05, 4.69) is 5.32 Å². The van der Waals surface area contributed by atoms with E-state index in [9.17, 15) is 5.11 Å². The van der Waals surface area contributed by atoms with Crippen molar-refractivity contribution in [1.82, 2.24) is 5.32 Å². The molecule has 0 radical (unpaired) electrons. The van der Waals surface area contributed by atoms with E-state index in [-0.39, 0.29) is 17.9 Å². The molecular formula is C11H23NO2. The van der Waals surface area contributed by atoms with Crippen molar-refractivity contribution in [3.63, 3.8) is 0 Å². The second-order valence-corrected chi connectivity index (χ2v) is 5.27. The lowest BCUT2D eigenvalue weighted by atomic mass is 9.92. The summed E-state index contributed by atoms with van der Waals surface area (Å²) in [7, 11) is 0. The highest BCUT2D eigenvalue weighted by Crippen LogP contribution is 2.44. The third kappa shape index (κ3) is 2.94. The quantitative estimate of drug-likeness (QED) is 0.594. The fourth-order valence-corrected chi connectivity index (χ4v) is 1.35. The number of rotatable bonds is 6. The van der Waals surface area contributed by atoms with Gasteiger partial charge in [-0.05, 0) is 25.7 Å². The Morgan fingerprint density at radius 2 is 2.00 bits per heavy atom. The summed E-state index contributed by atoms with van der Waals surface area (Å²) in [6, 6.07) is 0. The van der Waals surface area contributed by atoms with E-state index in [1.807, 2.05) is 20.8 Å². The van der Waals surface area contributed by atoms with Gasteiger partial charge in [0.1, 0.15) is 0 Å². The topological polar surface area (TPSA) is 52.5 Å². The van der Waals surface area contributed by atoms with Crippen molar-refractivity contribution >= 4 is 0 Å². The zero-order valence-electron chi connectivity index (χ0n) is 9.51. The normalized spacial score (nSPS) is 23.6. The molecule has 1 aliphatic carbocycles. The molecular weight excluding hydrogens is 178 g/mol. The van der Waals surface area contributed by atoms with E-state index in [4.69, 9.17) is 5.11 Å². The molecule has 0 bridgehead atoms. The van der Waals surface area contributed by atoms with Gasteiger partial charge in [0.2, 0.25) is 0 Å². The monoisotopic (exact) mass is 201 g/mol. The Balaban J connectivity index is 2.21. The van der Waals surface area contributed by atoms with Crippen LogP contribution in [0.1, 0.15) is 33.6 Å². The van der Waals surface area contributed by atoms with Gasteiger partial charge in [0, 0.05) is 25.1 Å². The first-order valence-corrected chi connectivity index (χ1v) is 5.46. The molecule has 3 nitrogen and oxygen atoms in total. The smallest absolute Gasteiger partial charge is 0.0766 e. The lowest BCUT2D eigenvalue weighted by Crippen LogP contribution is -2.44. The number of hydrogen-bond acceptors (Lipinski definition) is 3. The Morgan fingerprint density at radius 1 is 1.43 bits per heavy atom. The molecule has 1 aliphatic rings. The minimum atomic E-state index is -0.647. The van der Waals surface area contributed by atoms with Crippen LogP contribution in [0.5, 0.6) is 0 Å². The van der Waals surface area contributed by atoms with Gasteiger partial charge in [-0.3, -0.25) is 0 Å². The van der Waals surface area contributed by atoms with E-state index in [0.29, 0.717) is 6.54 Å². The van der Waals surface area contributed by atoms with Gasteiger partial charge in [0.25, 0.3) is 0 Å². The van der Waals surface area contributed by atoms with Crippen molar-refractivity contribution in [1.29, 1.82) is 0 Å². The summed E-state index contributed by atoms with van der Waals surface area (Å²) in [5.74, 6) is 0.249. The molecule has 3 N–H and O–H groups in total. The molecule has 1 atom stereocenters. The van der Waals surface area contributed by atoms with Crippen LogP contribution in [-0.4, -0.2) is 35.5 Å². The zero-order valence-corrected chi connectivity index (χ0v) is 9.51. The summed E-state index contributed by atoms with van der Waals surface area (Å²) < 4.78 is 0. The zero-order chi connectivity index (χ0) is 10.8. The third-order valence-electron chi connectivity index (χ3n) is 3.52. The van der Waals surface area contributed by atoms with Gasteiger partial charge in [-0.2, -0.15) is 0 Å². The third-order valence-corrected chi connectivity index (χ3v) is 3.52. The van der Waals surface area contributed by atoms with Gasteiger partial charge in [-0.15, -0.1) is 0 Å². The Hall–Kier alpha value is -0.120. The van der Waals surface area contributed by atoms with Gasteiger partial charge in [0.05, 0.1) is 5.60 Å². The summed E-state index contributed by atoms with van der Waals surface area (Å²) in [4.78, 5) is 0. The summed E-state index contributed by atoms with van der Waals surface area (Å²) in [6.45, 7) is 7.58. The lowest BCUT2D eigenvalue weighted by molar-refractivity contribution is 0.0126. The highest BCUT2D eigenvalue weighted by Gasteiger charge is 2.41. The van der Waals surface area contributed by atoms with Gasteiger partial charge in [0.15, 0.2) is 0 Å². The predicted molar refractivity (Wildman–Crippen MR) is 57.1 cm³/mol. The number of hydrogen-bond donors (Lipinski definition) is 3. The molecule has 84 valence electrons. The summed E-state index contributed by atoms with van der Waals surface area (Å²) in [6.07, 6.45) is 2.22. The average Bonchev–Trinajstić information content (AvgIpc) is 2.85. The van der Waals surface area contributed by atoms with Crippen LogP contribution in [0.25, 0.3) is 0 Å². The van der Waals surface area contributed by atoms with E-state index in [1.54, 1.807) is 0 Å². The Bertz CT molecular complexity index is 186. The molecule has 1 unspecified atom stereocenters. The molecule has 1 saturated carbocycles. The van der Waals surface area contributed by atoms with Gasteiger partial charge in [-0.25, -0.2) is 0 Å².